The van der Waals surface area contributed by atoms with E-state index in [1.54, 1.807) is 0 Å². The summed E-state index contributed by atoms with van der Waals surface area (Å²) in [6.07, 6.45) is 4.65. The third-order valence-electron chi connectivity index (χ3n) is 6.95. The Morgan fingerprint density at radius 2 is 2.17 bits per heavy atom. The fraction of sp³-hybridized carbons (Fsp3) is 0.435. The van der Waals surface area contributed by atoms with E-state index in [-0.39, 0.29) is 17.9 Å². The molecule has 0 unspecified atom stereocenters. The molecule has 1 aromatic carbocycles. The molecule has 6 nitrogen and oxygen atoms in total. The van der Waals surface area contributed by atoms with Crippen LogP contribution in [0.25, 0.3) is 0 Å². The summed E-state index contributed by atoms with van der Waals surface area (Å²) in [5.74, 6) is -0.503. The van der Waals surface area contributed by atoms with Crippen molar-refractivity contribution in [3.8, 4) is 0 Å². The lowest BCUT2D eigenvalue weighted by Gasteiger charge is -2.36. The summed E-state index contributed by atoms with van der Waals surface area (Å²) in [6.45, 7) is 5.28. The standard InChI is InChI=1S/C23H26N4O2/c1-14-10-16(12-24-15(14)2)13-25-21(28)19-11-17-6-5-9-27(17)23(19)18-7-3-4-8-20(18)26-22(23)29/h3-4,7-8,10,12,17,19H,5-6,9,11,13H2,1-2H3,(H,25,28)(H,26,29)/t17-,19+,23+/m1/s1. The number of aromatic nitrogens is 1. The summed E-state index contributed by atoms with van der Waals surface area (Å²) >= 11 is 0. The third-order valence-corrected chi connectivity index (χ3v) is 6.95. The van der Waals surface area contributed by atoms with Crippen molar-refractivity contribution in [1.29, 1.82) is 0 Å². The Morgan fingerprint density at radius 3 is 3.00 bits per heavy atom. The maximum absolute atomic E-state index is 13.4. The molecule has 2 fully saturated rings. The van der Waals surface area contributed by atoms with Gasteiger partial charge in [0.2, 0.25) is 11.8 Å². The van der Waals surface area contributed by atoms with E-state index in [1.165, 1.54) is 0 Å². The molecule has 2 aromatic rings. The first-order valence-corrected chi connectivity index (χ1v) is 10.4. The van der Waals surface area contributed by atoms with E-state index in [0.29, 0.717) is 6.54 Å². The molecular formula is C23H26N4O2. The third kappa shape index (κ3) is 2.62. The lowest BCUT2D eigenvalue weighted by molar-refractivity contribution is -0.137. The van der Waals surface area contributed by atoms with Gasteiger partial charge in [0.25, 0.3) is 0 Å². The SMILES string of the molecule is Cc1cc(CNC(=O)[C@@H]2C[C@H]3CCCN3[C@]23C(=O)Nc2ccccc23)cnc1C. The van der Waals surface area contributed by atoms with Crippen molar-refractivity contribution < 1.29 is 9.59 Å². The van der Waals surface area contributed by atoms with Crippen molar-refractivity contribution in [2.45, 2.75) is 51.2 Å². The van der Waals surface area contributed by atoms with Crippen LogP contribution in [0.5, 0.6) is 0 Å². The van der Waals surface area contributed by atoms with Crippen LogP contribution >= 0.6 is 0 Å². The van der Waals surface area contributed by atoms with Gasteiger partial charge in [-0.3, -0.25) is 19.5 Å². The molecule has 0 aliphatic carbocycles. The van der Waals surface area contributed by atoms with Gasteiger partial charge in [0.1, 0.15) is 5.54 Å². The van der Waals surface area contributed by atoms with Crippen LogP contribution in [0.2, 0.25) is 0 Å². The van der Waals surface area contributed by atoms with Gasteiger partial charge in [0.15, 0.2) is 0 Å². The van der Waals surface area contributed by atoms with Gasteiger partial charge in [-0.25, -0.2) is 0 Å². The van der Waals surface area contributed by atoms with Gasteiger partial charge in [0, 0.05) is 35.7 Å². The molecule has 4 heterocycles. The van der Waals surface area contributed by atoms with Crippen LogP contribution in [-0.2, 0) is 21.7 Å². The number of pyridine rings is 1. The molecule has 1 spiro atoms. The van der Waals surface area contributed by atoms with Crippen LogP contribution in [0.3, 0.4) is 0 Å². The predicted octanol–water partition coefficient (Wildman–Crippen LogP) is 2.65. The molecule has 150 valence electrons. The highest BCUT2D eigenvalue weighted by atomic mass is 16.2. The summed E-state index contributed by atoms with van der Waals surface area (Å²) < 4.78 is 0. The Labute approximate surface area is 170 Å². The fourth-order valence-corrected chi connectivity index (χ4v) is 5.49. The first-order valence-electron chi connectivity index (χ1n) is 10.4. The van der Waals surface area contributed by atoms with Crippen LogP contribution in [0, 0.1) is 19.8 Å². The number of para-hydroxylation sites is 1. The number of hydrogen-bond donors (Lipinski definition) is 2. The second kappa shape index (κ2) is 6.66. The molecular weight excluding hydrogens is 364 g/mol. The monoisotopic (exact) mass is 390 g/mol. The molecule has 3 aliphatic heterocycles. The van der Waals surface area contributed by atoms with E-state index in [9.17, 15) is 9.59 Å². The molecule has 3 aliphatic rings. The first-order chi connectivity index (χ1) is 14.0. The number of carbonyl (C=O) groups is 2. The second-order valence-electron chi connectivity index (χ2n) is 8.51. The zero-order valence-corrected chi connectivity index (χ0v) is 16.9. The largest absolute Gasteiger partial charge is 0.352 e. The normalized spacial score (nSPS) is 27.7. The van der Waals surface area contributed by atoms with E-state index in [1.807, 2.05) is 44.3 Å². The smallest absolute Gasteiger partial charge is 0.250 e. The molecule has 2 saturated heterocycles. The molecule has 2 amide bonds. The van der Waals surface area contributed by atoms with Crippen LogP contribution in [0.15, 0.2) is 36.5 Å². The number of anilines is 1. The maximum atomic E-state index is 13.4. The van der Waals surface area contributed by atoms with E-state index < -0.39 is 11.5 Å². The van der Waals surface area contributed by atoms with Gasteiger partial charge in [0.05, 0.1) is 5.92 Å². The minimum absolute atomic E-state index is 0.0514. The Morgan fingerprint density at radius 1 is 1.34 bits per heavy atom. The van der Waals surface area contributed by atoms with E-state index in [4.69, 9.17) is 0 Å². The Balaban J connectivity index is 1.46. The van der Waals surface area contributed by atoms with Crippen LogP contribution in [0.1, 0.15) is 41.6 Å². The van der Waals surface area contributed by atoms with Crippen molar-refractivity contribution in [3.05, 3.63) is 58.9 Å². The van der Waals surface area contributed by atoms with Crippen molar-refractivity contribution in [1.82, 2.24) is 15.2 Å². The van der Waals surface area contributed by atoms with Crippen LogP contribution in [-0.4, -0.2) is 34.3 Å². The van der Waals surface area contributed by atoms with E-state index in [2.05, 4.69) is 26.6 Å². The topological polar surface area (TPSA) is 74.3 Å². The number of carbonyl (C=O) groups excluding carboxylic acids is 2. The van der Waals surface area contributed by atoms with E-state index >= 15 is 0 Å². The first kappa shape index (κ1) is 18.3. The van der Waals surface area contributed by atoms with Crippen molar-refractivity contribution >= 4 is 17.5 Å². The quantitative estimate of drug-likeness (QED) is 0.845. The lowest BCUT2D eigenvalue weighted by atomic mass is 9.78. The summed E-state index contributed by atoms with van der Waals surface area (Å²) in [5.41, 5.74) is 3.98. The predicted molar refractivity (Wildman–Crippen MR) is 110 cm³/mol. The zero-order valence-electron chi connectivity index (χ0n) is 16.9. The number of rotatable bonds is 3. The lowest BCUT2D eigenvalue weighted by Crippen LogP contribution is -2.54. The molecule has 0 saturated carbocycles. The second-order valence-corrected chi connectivity index (χ2v) is 8.51. The van der Waals surface area contributed by atoms with Crippen LogP contribution < -0.4 is 10.6 Å². The number of aryl methyl sites for hydroxylation is 2. The average molecular weight is 390 g/mol. The zero-order chi connectivity index (χ0) is 20.2. The molecule has 5 rings (SSSR count). The average Bonchev–Trinajstić information content (AvgIpc) is 3.37. The van der Waals surface area contributed by atoms with Gasteiger partial charge >= 0.3 is 0 Å². The van der Waals surface area contributed by atoms with Crippen molar-refractivity contribution in [2.75, 3.05) is 11.9 Å². The minimum Gasteiger partial charge on any atom is -0.352 e. The molecule has 2 N–H and O–H groups in total. The van der Waals surface area contributed by atoms with Crippen molar-refractivity contribution in [3.63, 3.8) is 0 Å². The highest BCUT2D eigenvalue weighted by Gasteiger charge is 2.65. The van der Waals surface area contributed by atoms with Gasteiger partial charge < -0.3 is 10.6 Å². The summed E-state index contributed by atoms with van der Waals surface area (Å²) in [7, 11) is 0. The molecule has 29 heavy (non-hydrogen) atoms. The number of nitrogens with one attached hydrogen (secondary N) is 2. The molecule has 1 aromatic heterocycles. The molecule has 0 radical (unpaired) electrons. The fourth-order valence-electron chi connectivity index (χ4n) is 5.49. The highest BCUT2D eigenvalue weighted by Crippen LogP contribution is 2.55. The van der Waals surface area contributed by atoms with E-state index in [0.717, 1.165) is 53.9 Å². The maximum Gasteiger partial charge on any atom is 0.250 e. The number of benzene rings is 1. The van der Waals surface area contributed by atoms with Gasteiger partial charge in [-0.15, -0.1) is 0 Å². The summed E-state index contributed by atoms with van der Waals surface area (Å²) in [4.78, 5) is 33.4. The summed E-state index contributed by atoms with van der Waals surface area (Å²) in [5, 5.41) is 6.14. The van der Waals surface area contributed by atoms with Crippen LogP contribution in [0.4, 0.5) is 5.69 Å². The minimum atomic E-state index is -0.886. The molecule has 0 bridgehead atoms. The number of fused-ring (bicyclic) bond motifs is 4. The number of nitrogens with zero attached hydrogens (tertiary/aromatic N) is 2. The van der Waals surface area contributed by atoms with Gasteiger partial charge in [-0.05, 0) is 56.8 Å². The molecule has 6 heteroatoms. The Hall–Kier alpha value is -2.73. The van der Waals surface area contributed by atoms with Gasteiger partial charge in [-0.1, -0.05) is 24.3 Å². The number of hydrogen-bond acceptors (Lipinski definition) is 4. The van der Waals surface area contributed by atoms with Crippen molar-refractivity contribution in [2.24, 2.45) is 5.92 Å². The molecule has 3 atom stereocenters. The summed E-state index contributed by atoms with van der Waals surface area (Å²) in [6, 6.07) is 10.2. The number of amides is 2. The highest BCUT2D eigenvalue weighted by molar-refractivity contribution is 6.09. The Bertz CT molecular complexity index is 1000. The Kier molecular flexibility index (Phi) is 4.21. The van der Waals surface area contributed by atoms with Gasteiger partial charge in [-0.2, -0.15) is 0 Å².